The fourth-order valence-corrected chi connectivity index (χ4v) is 2.21. The number of hydrogen-bond donors (Lipinski definition) is 1. The first-order chi connectivity index (χ1) is 7.23. The van der Waals surface area contributed by atoms with E-state index in [-0.39, 0.29) is 0 Å². The van der Waals surface area contributed by atoms with E-state index < -0.39 is 5.60 Å². The molecular weight excluding hydrogens is 184 g/mol. The monoisotopic (exact) mass is 208 g/mol. The first-order valence-corrected chi connectivity index (χ1v) is 6.31. The molecule has 0 heterocycles. The van der Waals surface area contributed by atoms with Crippen LogP contribution in [-0.4, -0.2) is 10.7 Å². The van der Waals surface area contributed by atoms with Crippen LogP contribution in [-0.2, 0) is 0 Å². The largest absolute Gasteiger partial charge is 0.385 e. The summed E-state index contributed by atoms with van der Waals surface area (Å²) in [6.07, 6.45) is 14.9. The zero-order valence-electron chi connectivity index (χ0n) is 10.1. The van der Waals surface area contributed by atoms with Crippen LogP contribution in [0.2, 0.25) is 0 Å². The van der Waals surface area contributed by atoms with Crippen LogP contribution in [0, 0.1) is 5.92 Å². The van der Waals surface area contributed by atoms with Gasteiger partial charge >= 0.3 is 0 Å². The summed E-state index contributed by atoms with van der Waals surface area (Å²) in [4.78, 5) is 0. The third-order valence-electron chi connectivity index (χ3n) is 3.28. The molecule has 0 bridgehead atoms. The molecule has 0 amide bonds. The van der Waals surface area contributed by atoms with Crippen molar-refractivity contribution in [1.82, 2.24) is 0 Å². The van der Waals surface area contributed by atoms with E-state index in [0.29, 0.717) is 5.92 Å². The van der Waals surface area contributed by atoms with Gasteiger partial charge in [0.05, 0.1) is 5.60 Å². The summed E-state index contributed by atoms with van der Waals surface area (Å²) in [5.74, 6) is 0.328. The quantitative estimate of drug-likeness (QED) is 0.703. The van der Waals surface area contributed by atoms with Crippen molar-refractivity contribution in [2.75, 3.05) is 0 Å². The molecular formula is C14H24O. The van der Waals surface area contributed by atoms with E-state index >= 15 is 0 Å². The highest BCUT2D eigenvalue weighted by molar-refractivity contribution is 5.21. The van der Waals surface area contributed by atoms with Gasteiger partial charge in [0.2, 0.25) is 0 Å². The van der Waals surface area contributed by atoms with Crippen LogP contribution in [0.15, 0.2) is 24.3 Å². The van der Waals surface area contributed by atoms with Crippen LogP contribution in [0.3, 0.4) is 0 Å². The number of allylic oxidation sites excluding steroid dienone is 2. The molecule has 15 heavy (non-hydrogen) atoms. The minimum atomic E-state index is -0.570. The number of hydrogen-bond acceptors (Lipinski definition) is 1. The molecule has 0 fully saturated rings. The molecule has 0 aromatic rings. The standard InChI is InChI=1S/C14H24O/c1-3-5-9-13-10-7-8-12-14(13,15)11-6-4-2/h7-8,10,12-13,15H,3-6,9,11H2,1-2H3. The van der Waals surface area contributed by atoms with Crippen molar-refractivity contribution >= 4 is 0 Å². The number of aliphatic hydroxyl groups is 1. The molecule has 1 aliphatic carbocycles. The molecule has 1 heteroatoms. The molecule has 0 aromatic carbocycles. The maximum atomic E-state index is 10.6. The predicted molar refractivity (Wildman–Crippen MR) is 65.8 cm³/mol. The lowest BCUT2D eigenvalue weighted by Gasteiger charge is -2.34. The number of rotatable bonds is 6. The van der Waals surface area contributed by atoms with Gasteiger partial charge in [0.1, 0.15) is 0 Å². The average Bonchev–Trinajstić information content (AvgIpc) is 2.25. The Labute approximate surface area is 93.9 Å². The van der Waals surface area contributed by atoms with Gasteiger partial charge in [-0.05, 0) is 12.8 Å². The fourth-order valence-electron chi connectivity index (χ4n) is 2.21. The zero-order valence-corrected chi connectivity index (χ0v) is 10.1. The lowest BCUT2D eigenvalue weighted by atomic mass is 9.77. The molecule has 0 radical (unpaired) electrons. The van der Waals surface area contributed by atoms with E-state index in [0.717, 1.165) is 25.7 Å². The van der Waals surface area contributed by atoms with Crippen molar-refractivity contribution < 1.29 is 5.11 Å². The molecule has 1 nitrogen and oxygen atoms in total. The Morgan fingerprint density at radius 1 is 1.13 bits per heavy atom. The summed E-state index contributed by atoms with van der Waals surface area (Å²) in [5, 5.41) is 10.6. The van der Waals surface area contributed by atoms with Crippen LogP contribution in [0.5, 0.6) is 0 Å². The molecule has 86 valence electrons. The van der Waals surface area contributed by atoms with E-state index in [4.69, 9.17) is 0 Å². The summed E-state index contributed by atoms with van der Waals surface area (Å²) in [6.45, 7) is 4.38. The topological polar surface area (TPSA) is 20.2 Å². The van der Waals surface area contributed by atoms with Gasteiger partial charge < -0.3 is 5.11 Å². The molecule has 0 saturated carbocycles. The van der Waals surface area contributed by atoms with Gasteiger partial charge in [-0.15, -0.1) is 0 Å². The van der Waals surface area contributed by atoms with Crippen molar-refractivity contribution in [3.63, 3.8) is 0 Å². The third kappa shape index (κ3) is 3.49. The van der Waals surface area contributed by atoms with Crippen LogP contribution in [0.25, 0.3) is 0 Å². The maximum Gasteiger partial charge on any atom is 0.0893 e. The van der Waals surface area contributed by atoms with Gasteiger partial charge in [-0.1, -0.05) is 63.8 Å². The molecule has 0 spiro atoms. The first kappa shape index (κ1) is 12.5. The lowest BCUT2D eigenvalue weighted by molar-refractivity contribution is 0.0314. The maximum absolute atomic E-state index is 10.6. The summed E-state index contributed by atoms with van der Waals surface area (Å²) in [7, 11) is 0. The summed E-state index contributed by atoms with van der Waals surface area (Å²) in [5.41, 5.74) is -0.570. The van der Waals surface area contributed by atoms with Crippen molar-refractivity contribution in [3.05, 3.63) is 24.3 Å². The minimum Gasteiger partial charge on any atom is -0.385 e. The van der Waals surface area contributed by atoms with Crippen molar-refractivity contribution in [2.24, 2.45) is 5.92 Å². The molecule has 2 atom stereocenters. The van der Waals surface area contributed by atoms with Gasteiger partial charge in [0.25, 0.3) is 0 Å². The Morgan fingerprint density at radius 2 is 1.87 bits per heavy atom. The summed E-state index contributed by atoms with van der Waals surface area (Å²) >= 11 is 0. The second-order valence-electron chi connectivity index (χ2n) is 4.59. The fraction of sp³-hybridized carbons (Fsp3) is 0.714. The predicted octanol–water partition coefficient (Wildman–Crippen LogP) is 3.84. The highest BCUT2D eigenvalue weighted by Crippen LogP contribution is 2.33. The van der Waals surface area contributed by atoms with E-state index in [9.17, 15) is 5.11 Å². The van der Waals surface area contributed by atoms with Crippen LogP contribution in [0.4, 0.5) is 0 Å². The molecule has 1 rings (SSSR count). The summed E-state index contributed by atoms with van der Waals surface area (Å²) in [6, 6.07) is 0. The smallest absolute Gasteiger partial charge is 0.0893 e. The van der Waals surface area contributed by atoms with E-state index in [1.54, 1.807) is 0 Å². The van der Waals surface area contributed by atoms with Crippen LogP contribution in [0.1, 0.15) is 52.4 Å². The highest BCUT2D eigenvalue weighted by Gasteiger charge is 2.32. The molecule has 1 aliphatic rings. The molecule has 1 N–H and O–H groups in total. The van der Waals surface area contributed by atoms with Gasteiger partial charge in [-0.2, -0.15) is 0 Å². The van der Waals surface area contributed by atoms with Crippen molar-refractivity contribution in [1.29, 1.82) is 0 Å². The lowest BCUT2D eigenvalue weighted by Crippen LogP contribution is -2.36. The second-order valence-corrected chi connectivity index (χ2v) is 4.59. The Balaban J connectivity index is 2.57. The zero-order chi connectivity index (χ0) is 11.1. The van der Waals surface area contributed by atoms with E-state index in [1.165, 1.54) is 12.8 Å². The first-order valence-electron chi connectivity index (χ1n) is 6.31. The van der Waals surface area contributed by atoms with Crippen molar-refractivity contribution in [3.8, 4) is 0 Å². The second kappa shape index (κ2) is 6.12. The van der Waals surface area contributed by atoms with Crippen LogP contribution >= 0.6 is 0 Å². The highest BCUT2D eigenvalue weighted by atomic mass is 16.3. The van der Waals surface area contributed by atoms with Gasteiger partial charge in [0.15, 0.2) is 0 Å². The van der Waals surface area contributed by atoms with Crippen molar-refractivity contribution in [2.45, 2.75) is 58.0 Å². The van der Waals surface area contributed by atoms with E-state index in [1.807, 2.05) is 12.2 Å². The van der Waals surface area contributed by atoms with E-state index in [2.05, 4.69) is 26.0 Å². The van der Waals surface area contributed by atoms with Crippen LogP contribution < -0.4 is 0 Å². The summed E-state index contributed by atoms with van der Waals surface area (Å²) < 4.78 is 0. The molecule has 0 aromatic heterocycles. The van der Waals surface area contributed by atoms with Gasteiger partial charge in [-0.3, -0.25) is 0 Å². The van der Waals surface area contributed by atoms with Gasteiger partial charge in [-0.25, -0.2) is 0 Å². The molecule has 0 saturated heterocycles. The van der Waals surface area contributed by atoms with Gasteiger partial charge in [0, 0.05) is 5.92 Å². The minimum absolute atomic E-state index is 0.328. The normalized spacial score (nSPS) is 29.7. The molecule has 2 unspecified atom stereocenters. The third-order valence-corrected chi connectivity index (χ3v) is 3.28. The Bertz CT molecular complexity index is 229. The SMILES string of the molecule is CCCCC1C=CC=CC1(O)CCCC. The number of unbranched alkanes of at least 4 members (excludes halogenated alkanes) is 2. The Morgan fingerprint density at radius 3 is 2.53 bits per heavy atom. The molecule has 0 aliphatic heterocycles. The Kier molecular flexibility index (Phi) is 5.10. The Hall–Kier alpha value is -0.560. The average molecular weight is 208 g/mol.